The molecule has 1 unspecified atom stereocenters. The number of rotatable bonds is 11. The van der Waals surface area contributed by atoms with Gasteiger partial charge in [-0.1, -0.05) is 83.3 Å². The van der Waals surface area contributed by atoms with E-state index in [1.54, 1.807) is 25.1 Å². The molecule has 1 N–H and O–H groups in total. The first-order valence-electron chi connectivity index (χ1n) is 12.2. The van der Waals surface area contributed by atoms with Crippen molar-refractivity contribution in [2.45, 2.75) is 38.3 Å². The third-order valence-corrected chi connectivity index (χ3v) is 8.92. The second-order valence-electron chi connectivity index (χ2n) is 9.39. The minimum Gasteiger partial charge on any atom is -0.354 e. The van der Waals surface area contributed by atoms with E-state index in [-0.39, 0.29) is 39.0 Å². The van der Waals surface area contributed by atoms with Crippen molar-refractivity contribution < 1.29 is 18.0 Å². The number of carbonyl (C=O) groups is 2. The Hall–Kier alpha value is -2.59. The van der Waals surface area contributed by atoms with Crippen LogP contribution >= 0.6 is 39.1 Å². The summed E-state index contributed by atoms with van der Waals surface area (Å²) in [4.78, 5) is 28.3. The van der Waals surface area contributed by atoms with Gasteiger partial charge in [0, 0.05) is 17.6 Å². The molecule has 3 aromatic rings. The van der Waals surface area contributed by atoms with Crippen molar-refractivity contribution in [1.82, 2.24) is 10.2 Å². The predicted octanol–water partition coefficient (Wildman–Crippen LogP) is 6.14. The maximum atomic E-state index is 13.9. The van der Waals surface area contributed by atoms with Crippen LogP contribution < -0.4 is 9.62 Å². The lowest BCUT2D eigenvalue weighted by molar-refractivity contribution is -0.139. The second kappa shape index (κ2) is 13.7. The summed E-state index contributed by atoms with van der Waals surface area (Å²) in [5, 5.41) is 3.25. The highest BCUT2D eigenvalue weighted by atomic mass is 79.9. The summed E-state index contributed by atoms with van der Waals surface area (Å²) in [6, 6.07) is 18.6. The number of nitrogens with one attached hydrogen (secondary N) is 1. The van der Waals surface area contributed by atoms with Crippen LogP contribution in [0.25, 0.3) is 0 Å². The van der Waals surface area contributed by atoms with Crippen LogP contribution in [0.5, 0.6) is 0 Å². The zero-order valence-corrected chi connectivity index (χ0v) is 25.7. The molecule has 2 amide bonds. The van der Waals surface area contributed by atoms with Gasteiger partial charge >= 0.3 is 0 Å². The topological polar surface area (TPSA) is 86.8 Å². The Morgan fingerprint density at radius 2 is 1.62 bits per heavy atom. The van der Waals surface area contributed by atoms with Crippen LogP contribution in [0.3, 0.4) is 0 Å². The molecule has 0 aliphatic heterocycles. The summed E-state index contributed by atoms with van der Waals surface area (Å²) in [6.07, 6.45) is 0. The van der Waals surface area contributed by atoms with E-state index in [9.17, 15) is 18.0 Å². The number of carbonyl (C=O) groups excluding carboxylic acids is 2. The number of benzene rings is 3. The molecule has 0 aliphatic rings. The average Bonchev–Trinajstić information content (AvgIpc) is 2.90. The SMILES string of the molecule is CC(C)CNC(=O)C(C)N(Cc1cccc(Br)c1)C(=O)CN(c1ccc(Cl)c(Cl)c1)S(=O)(=O)c1ccccc1. The van der Waals surface area contributed by atoms with E-state index in [1.165, 1.54) is 35.2 Å². The van der Waals surface area contributed by atoms with Gasteiger partial charge in [-0.2, -0.15) is 0 Å². The van der Waals surface area contributed by atoms with Crippen molar-refractivity contribution in [3.05, 3.63) is 92.9 Å². The number of nitrogens with zero attached hydrogens (tertiary/aromatic N) is 2. The van der Waals surface area contributed by atoms with E-state index < -0.39 is 28.5 Å². The van der Waals surface area contributed by atoms with E-state index >= 15 is 0 Å². The van der Waals surface area contributed by atoms with Gasteiger partial charge in [-0.25, -0.2) is 8.42 Å². The highest BCUT2D eigenvalue weighted by molar-refractivity contribution is 9.10. The van der Waals surface area contributed by atoms with Crippen LogP contribution in [0.4, 0.5) is 5.69 Å². The minimum atomic E-state index is -4.18. The van der Waals surface area contributed by atoms with Crippen LogP contribution in [-0.4, -0.2) is 44.3 Å². The Bertz CT molecular complexity index is 1420. The second-order valence-corrected chi connectivity index (χ2v) is 13.0. The molecule has 3 aromatic carbocycles. The van der Waals surface area contributed by atoms with Crippen LogP contribution in [0.15, 0.2) is 82.2 Å². The summed E-state index contributed by atoms with van der Waals surface area (Å²) < 4.78 is 29.3. The van der Waals surface area contributed by atoms with Crippen LogP contribution in [0.1, 0.15) is 26.3 Å². The molecule has 0 saturated heterocycles. The summed E-state index contributed by atoms with van der Waals surface area (Å²) in [5.41, 5.74) is 0.939. The van der Waals surface area contributed by atoms with Crippen LogP contribution in [-0.2, 0) is 26.2 Å². The van der Waals surface area contributed by atoms with Gasteiger partial charge in [-0.3, -0.25) is 13.9 Å². The lowest BCUT2D eigenvalue weighted by Gasteiger charge is -2.32. The third-order valence-electron chi connectivity index (χ3n) is 5.90. The van der Waals surface area contributed by atoms with Gasteiger partial charge in [0.05, 0.1) is 20.6 Å². The molecule has 0 bridgehead atoms. The molecule has 0 spiro atoms. The van der Waals surface area contributed by atoms with E-state index in [4.69, 9.17) is 23.2 Å². The molecule has 0 radical (unpaired) electrons. The molecule has 0 saturated carbocycles. The highest BCUT2D eigenvalue weighted by Gasteiger charge is 2.32. The Morgan fingerprint density at radius 1 is 0.923 bits per heavy atom. The average molecular weight is 655 g/mol. The number of amides is 2. The minimum absolute atomic E-state index is 0.00476. The van der Waals surface area contributed by atoms with Crippen molar-refractivity contribution >= 4 is 66.7 Å². The van der Waals surface area contributed by atoms with Crippen LogP contribution in [0, 0.1) is 5.92 Å². The standard InChI is InChI=1S/C28H30BrCl2N3O4S/c1-19(2)16-32-28(36)20(3)33(17-21-8-7-9-22(29)14-21)27(35)18-34(23-12-13-25(30)26(31)15-23)39(37,38)24-10-5-4-6-11-24/h4-15,19-20H,16-18H2,1-3H3,(H,32,36). The lowest BCUT2D eigenvalue weighted by Crippen LogP contribution is -2.51. The number of anilines is 1. The monoisotopic (exact) mass is 653 g/mol. The Morgan fingerprint density at radius 3 is 2.23 bits per heavy atom. The van der Waals surface area contributed by atoms with Gasteiger partial charge in [0.2, 0.25) is 11.8 Å². The predicted molar refractivity (Wildman–Crippen MR) is 159 cm³/mol. The van der Waals surface area contributed by atoms with Crippen molar-refractivity contribution in [2.24, 2.45) is 5.92 Å². The quantitative estimate of drug-likeness (QED) is 0.269. The molecule has 1 atom stereocenters. The largest absolute Gasteiger partial charge is 0.354 e. The van der Waals surface area contributed by atoms with E-state index in [0.29, 0.717) is 6.54 Å². The maximum absolute atomic E-state index is 13.9. The highest BCUT2D eigenvalue weighted by Crippen LogP contribution is 2.31. The molecular formula is C28H30BrCl2N3O4S. The summed E-state index contributed by atoms with van der Waals surface area (Å²) in [5.74, 6) is -0.677. The zero-order chi connectivity index (χ0) is 28.7. The number of hydrogen-bond donors (Lipinski definition) is 1. The fourth-order valence-electron chi connectivity index (χ4n) is 3.76. The molecule has 0 aliphatic carbocycles. The number of sulfonamides is 1. The fraction of sp³-hybridized carbons (Fsp3) is 0.286. The fourth-order valence-corrected chi connectivity index (χ4v) is 5.92. The van der Waals surface area contributed by atoms with Crippen LogP contribution in [0.2, 0.25) is 10.0 Å². The number of halogens is 3. The van der Waals surface area contributed by atoms with Crippen molar-refractivity contribution in [3.63, 3.8) is 0 Å². The van der Waals surface area contributed by atoms with Gasteiger partial charge in [-0.05, 0) is 60.9 Å². The summed E-state index contributed by atoms with van der Waals surface area (Å²) in [6.45, 7) is 5.54. The zero-order valence-electron chi connectivity index (χ0n) is 21.8. The van der Waals surface area contributed by atoms with Crippen molar-refractivity contribution in [3.8, 4) is 0 Å². The van der Waals surface area contributed by atoms with E-state index in [0.717, 1.165) is 14.3 Å². The lowest BCUT2D eigenvalue weighted by atomic mass is 10.1. The molecule has 7 nitrogen and oxygen atoms in total. The molecule has 208 valence electrons. The Balaban J connectivity index is 2.03. The molecule has 0 aromatic heterocycles. The summed E-state index contributed by atoms with van der Waals surface area (Å²) in [7, 11) is -4.18. The molecule has 3 rings (SSSR count). The van der Waals surface area contributed by atoms with Gasteiger partial charge in [0.25, 0.3) is 10.0 Å². The summed E-state index contributed by atoms with van der Waals surface area (Å²) >= 11 is 15.7. The number of hydrogen-bond acceptors (Lipinski definition) is 4. The maximum Gasteiger partial charge on any atom is 0.264 e. The first-order chi connectivity index (χ1) is 18.4. The van der Waals surface area contributed by atoms with Crippen molar-refractivity contribution in [1.29, 1.82) is 0 Å². The first kappa shape index (κ1) is 30.9. The normalized spacial score (nSPS) is 12.2. The van der Waals surface area contributed by atoms with Gasteiger partial charge in [0.1, 0.15) is 12.6 Å². The van der Waals surface area contributed by atoms with Crippen molar-refractivity contribution in [2.75, 3.05) is 17.4 Å². The molecule has 0 fully saturated rings. The van der Waals surface area contributed by atoms with Gasteiger partial charge in [0.15, 0.2) is 0 Å². The molecule has 0 heterocycles. The van der Waals surface area contributed by atoms with Gasteiger partial charge < -0.3 is 10.2 Å². The Labute approximate surface area is 248 Å². The molecule has 39 heavy (non-hydrogen) atoms. The van der Waals surface area contributed by atoms with E-state index in [1.807, 2.05) is 38.1 Å². The third kappa shape index (κ3) is 8.20. The van der Waals surface area contributed by atoms with E-state index in [2.05, 4.69) is 21.2 Å². The Kier molecular flexibility index (Phi) is 10.8. The molecule has 11 heteroatoms. The smallest absolute Gasteiger partial charge is 0.264 e. The first-order valence-corrected chi connectivity index (χ1v) is 15.2. The van der Waals surface area contributed by atoms with Gasteiger partial charge in [-0.15, -0.1) is 0 Å². The molecular weight excluding hydrogens is 625 g/mol.